The Morgan fingerprint density at radius 3 is 1.90 bits per heavy atom. The van der Waals surface area contributed by atoms with Crippen LogP contribution in [0.4, 0.5) is 0 Å². The van der Waals surface area contributed by atoms with Crippen molar-refractivity contribution in [3.8, 4) is 0 Å². The number of likely N-dealkylation sites (tertiary alicyclic amines) is 2. The summed E-state index contributed by atoms with van der Waals surface area (Å²) in [5.74, 6) is -10.4. The molecule has 36 nitrogen and oxygen atoms in total. The molecule has 0 radical (unpaired) electrons. The lowest BCUT2D eigenvalue weighted by atomic mass is 10.0. The molecule has 0 aliphatic carbocycles. The summed E-state index contributed by atoms with van der Waals surface area (Å²) >= 11 is 1.43. The van der Waals surface area contributed by atoms with E-state index in [2.05, 4.69) is 67.8 Å². The highest BCUT2D eigenvalue weighted by Gasteiger charge is 2.44. The van der Waals surface area contributed by atoms with Gasteiger partial charge in [0, 0.05) is 69.0 Å². The smallest absolute Gasteiger partial charge is 0.326 e. The first kappa shape index (κ1) is 86.0. The van der Waals surface area contributed by atoms with Crippen molar-refractivity contribution in [2.75, 3.05) is 69.3 Å². The van der Waals surface area contributed by atoms with Gasteiger partial charge in [-0.25, -0.2) is 9.78 Å². The third kappa shape index (κ3) is 27.4. The number of hydrogen-bond acceptors (Lipinski definition) is 21. The number of rotatable bonds is 34. The number of aromatic amines is 1. The number of aliphatic carboxylic acids is 1. The summed E-state index contributed by atoms with van der Waals surface area (Å²) in [6.45, 7) is 3.83. The first-order chi connectivity index (χ1) is 50.7. The van der Waals surface area contributed by atoms with E-state index < -0.39 is 156 Å². The van der Waals surface area contributed by atoms with E-state index in [0.29, 0.717) is 49.1 Å². The fourth-order valence-electron chi connectivity index (χ4n) is 12.8. The van der Waals surface area contributed by atoms with Gasteiger partial charge in [-0.3, -0.25) is 67.5 Å². The number of aliphatic imine (C=N–C) groups is 2. The summed E-state index contributed by atoms with van der Waals surface area (Å²) in [6.07, 6.45) is 7.69. The van der Waals surface area contributed by atoms with Crippen molar-refractivity contribution < 1.29 is 67.4 Å². The Balaban J connectivity index is 1.19. The van der Waals surface area contributed by atoms with Crippen LogP contribution in [0, 0.1) is 5.92 Å². The van der Waals surface area contributed by atoms with Crippen LogP contribution >= 0.6 is 33.3 Å². The number of hydrogen-bond donors (Lipinski definition) is 17. The minimum atomic E-state index is -1.49. The second-order valence-corrected chi connectivity index (χ2v) is 30.4. The summed E-state index contributed by atoms with van der Waals surface area (Å²) < 4.78 is 0. The lowest BCUT2D eigenvalue weighted by Crippen LogP contribution is -2.61. The number of carboxylic acid groups (broad SMARTS) is 1. The molecule has 4 fully saturated rings. The molecule has 106 heavy (non-hydrogen) atoms. The number of unbranched alkanes of at least 4 members (excludes halogenated alkanes) is 1. The number of carboxylic acids is 1. The van der Waals surface area contributed by atoms with Crippen LogP contribution in [0.15, 0.2) is 52.8 Å². The molecule has 4 aliphatic rings. The van der Waals surface area contributed by atoms with Crippen molar-refractivity contribution in [3.05, 3.63) is 54.1 Å². The fraction of sp³-hybridized carbons (Fsp3) is 0.642. The molecule has 4 aliphatic heterocycles. The van der Waals surface area contributed by atoms with E-state index >= 15 is 0 Å². The maximum atomic E-state index is 14.9. The number of nitrogens with one attached hydrogen (secondary N) is 10. The molecule has 586 valence electrons. The van der Waals surface area contributed by atoms with Gasteiger partial charge in [0.1, 0.15) is 66.5 Å². The van der Waals surface area contributed by atoms with Gasteiger partial charge >= 0.3 is 5.97 Å². The standard InChI is InChI=1S/C67H106N22O14S3/c1-38(2)30-46-57(94)86-49(36-106-105-35-41(69)54(91)81-44(18-10-25-76-67(72)73)63(100)88-27-12-20-51(88)61(98)80-43(56(93)83-46)17-9-24-75-66(70)71)59(96)84-47(32-40-33-74-37-78-40)58(95)79-42(16-7-8-23-68)55(92)77-34-53(90)87-26-11-19-50(87)60(97)82-45(22-29-104-3)64(101)89-28-13-21-52(89)62(99)85-48(65(102)103)31-39-14-5-4-6-15-39/h4-6,14-15,33,37-38,41-52H,7-13,16-32,34-36,68-69H2,1-3H3,(H,74,78)(H,77,92)(H,79,95)(H,80,98)(H,81,91)(H,82,97)(H,83,93)(H,84,96)(H,85,99)(H,86,94)(H,102,103)(H4,70,71,75)(H4,72,73,76)/t41-,42-,43-,44?,45-,46?,47-,48-,49-,50-,51-,52-/m0/s1. The molecule has 6 rings (SSSR count). The Kier molecular flexibility index (Phi) is 35.9. The van der Waals surface area contributed by atoms with E-state index in [1.165, 1.54) is 39.0 Å². The van der Waals surface area contributed by atoms with Crippen LogP contribution in [0.1, 0.15) is 121 Å². The molecule has 1 aromatic carbocycles. The van der Waals surface area contributed by atoms with Crippen molar-refractivity contribution in [2.24, 2.45) is 50.3 Å². The molecule has 12 atom stereocenters. The van der Waals surface area contributed by atoms with Crippen LogP contribution in [-0.2, 0) is 75.2 Å². The fourth-order valence-corrected chi connectivity index (χ4v) is 15.5. The highest BCUT2D eigenvalue weighted by molar-refractivity contribution is 8.76. The summed E-state index contributed by atoms with van der Waals surface area (Å²) in [7, 11) is 2.10. The van der Waals surface area contributed by atoms with Crippen molar-refractivity contribution >= 4 is 122 Å². The molecule has 12 amide bonds. The lowest BCUT2D eigenvalue weighted by molar-refractivity contribution is -0.145. The summed E-state index contributed by atoms with van der Waals surface area (Å²) in [5.41, 5.74) is 35.7. The molecule has 2 aromatic rings. The maximum Gasteiger partial charge on any atom is 0.326 e. The molecule has 0 bridgehead atoms. The van der Waals surface area contributed by atoms with Crippen LogP contribution in [0.5, 0.6) is 0 Å². The monoisotopic (exact) mass is 1540 g/mol. The summed E-state index contributed by atoms with van der Waals surface area (Å²) in [4.78, 5) is 204. The summed E-state index contributed by atoms with van der Waals surface area (Å²) in [6, 6.07) is -6.11. The number of imidazole rings is 1. The quantitative estimate of drug-likeness (QED) is 0.0137. The van der Waals surface area contributed by atoms with E-state index in [1.54, 1.807) is 44.2 Å². The Hall–Kier alpha value is -8.95. The number of carbonyl (C=O) groups is 13. The number of thioether (sulfide) groups is 1. The third-order valence-electron chi connectivity index (χ3n) is 18.3. The van der Waals surface area contributed by atoms with Crippen molar-refractivity contribution in [3.63, 3.8) is 0 Å². The zero-order valence-electron chi connectivity index (χ0n) is 60.3. The lowest BCUT2D eigenvalue weighted by Gasteiger charge is -2.31. The Morgan fingerprint density at radius 2 is 1.26 bits per heavy atom. The second kappa shape index (κ2) is 44.2. The number of benzene rings is 1. The number of nitrogens with zero attached hydrogens (tertiary/aromatic N) is 6. The van der Waals surface area contributed by atoms with E-state index in [1.807, 2.05) is 6.26 Å². The summed E-state index contributed by atoms with van der Waals surface area (Å²) in [5, 5.41) is 34.6. The van der Waals surface area contributed by atoms with Gasteiger partial charge in [0.05, 0.1) is 18.9 Å². The molecular formula is C67H106N22O14S3. The number of H-pyrrole nitrogens is 1. The molecule has 5 heterocycles. The van der Waals surface area contributed by atoms with Gasteiger partial charge in [-0.2, -0.15) is 11.8 Å². The van der Waals surface area contributed by atoms with Crippen molar-refractivity contribution in [2.45, 2.75) is 196 Å². The number of nitrogens with two attached hydrogens (primary N) is 6. The normalized spacial score (nSPS) is 22.4. The van der Waals surface area contributed by atoms with Crippen LogP contribution in [0.25, 0.3) is 0 Å². The average Bonchev–Trinajstić information content (AvgIpc) is 1.63. The Bertz CT molecular complexity index is 3370. The molecule has 1 aromatic heterocycles. The van der Waals surface area contributed by atoms with Gasteiger partial charge < -0.3 is 107 Å². The van der Waals surface area contributed by atoms with Gasteiger partial charge in [-0.1, -0.05) is 65.8 Å². The van der Waals surface area contributed by atoms with Crippen molar-refractivity contribution in [1.82, 2.24) is 72.5 Å². The predicted molar refractivity (Wildman–Crippen MR) is 401 cm³/mol. The van der Waals surface area contributed by atoms with Gasteiger partial charge in [0.25, 0.3) is 0 Å². The number of fused-ring (bicyclic) bond motifs is 1. The van der Waals surface area contributed by atoms with Crippen LogP contribution < -0.4 is 82.3 Å². The first-order valence-electron chi connectivity index (χ1n) is 35.8. The average molecular weight is 1540 g/mol. The Morgan fingerprint density at radius 1 is 0.660 bits per heavy atom. The van der Waals surface area contributed by atoms with E-state index in [4.69, 9.17) is 34.4 Å². The van der Waals surface area contributed by atoms with Gasteiger partial charge in [0.2, 0.25) is 70.9 Å². The van der Waals surface area contributed by atoms with Crippen LogP contribution in [0.2, 0.25) is 0 Å². The Labute approximate surface area is 628 Å². The zero-order valence-corrected chi connectivity index (χ0v) is 62.7. The molecule has 2 unspecified atom stereocenters. The largest absolute Gasteiger partial charge is 0.480 e. The minimum absolute atomic E-state index is 0.00709. The number of guanidine groups is 2. The molecule has 0 spiro atoms. The number of carbonyl (C=O) groups excluding carboxylic acids is 12. The molecule has 4 saturated heterocycles. The van der Waals surface area contributed by atoms with Gasteiger partial charge in [-0.05, 0) is 126 Å². The van der Waals surface area contributed by atoms with Crippen LogP contribution in [0.3, 0.4) is 0 Å². The van der Waals surface area contributed by atoms with E-state index in [0.717, 1.165) is 21.6 Å². The third-order valence-corrected chi connectivity index (χ3v) is 21.4. The molecule has 39 heteroatoms. The van der Waals surface area contributed by atoms with E-state index in [-0.39, 0.29) is 146 Å². The first-order valence-corrected chi connectivity index (χ1v) is 39.7. The molecule has 23 N–H and O–H groups in total. The predicted octanol–water partition coefficient (Wildman–Crippen LogP) is -4.00. The SMILES string of the molecule is CSCC[C@H](NC(=O)[C@@H]1CCCN1C(=O)CNC(=O)[C@H](CCCCN)NC(=O)[C@H](Cc1cnc[nH]1)NC(=O)[C@@H]1CSSC[C@H](N)C(=O)NC(CCCN=C(N)N)C(=O)N2CCC[C@H]2C(=O)N[C@@H](CCCN=C(N)N)C(=O)NC(CC(C)C)C(=O)N1)C(=O)N1CCC[C@H]1C(=O)N[C@@H](Cc1ccccc1)C(=O)O. The molecular weight excluding hydrogens is 1430 g/mol. The number of amides is 12. The molecule has 0 saturated carbocycles. The highest BCUT2D eigenvalue weighted by Crippen LogP contribution is 2.26. The van der Waals surface area contributed by atoms with Crippen molar-refractivity contribution in [1.29, 1.82) is 0 Å². The number of aromatic nitrogens is 2. The van der Waals surface area contributed by atoms with E-state index in [9.17, 15) is 67.4 Å². The van der Waals surface area contributed by atoms with Gasteiger partial charge in [0.15, 0.2) is 11.9 Å². The van der Waals surface area contributed by atoms with Crippen LogP contribution in [-0.4, -0.2) is 260 Å². The van der Waals surface area contributed by atoms with Gasteiger partial charge in [-0.15, -0.1) is 0 Å². The maximum absolute atomic E-state index is 14.9. The second-order valence-electron chi connectivity index (χ2n) is 26.9. The highest BCUT2D eigenvalue weighted by atomic mass is 33.1. The minimum Gasteiger partial charge on any atom is -0.480 e. The zero-order chi connectivity index (χ0) is 77.4. The topological polar surface area (TPSA) is 570 Å².